The molecule has 0 saturated carbocycles. The van der Waals surface area contributed by atoms with E-state index in [-0.39, 0.29) is 11.8 Å². The van der Waals surface area contributed by atoms with E-state index in [4.69, 9.17) is 0 Å². The van der Waals surface area contributed by atoms with Crippen LogP contribution in [-0.4, -0.2) is 80.0 Å². The second-order valence-corrected chi connectivity index (χ2v) is 9.82. The van der Waals surface area contributed by atoms with Crippen LogP contribution in [0, 0.1) is 5.92 Å². The Hall–Kier alpha value is -1.44. The molecular formula is C20H31N3O3S. The first-order chi connectivity index (χ1) is 12.8. The molecular weight excluding hydrogens is 362 g/mol. The van der Waals surface area contributed by atoms with E-state index < -0.39 is 10.0 Å². The minimum atomic E-state index is -3.14. The highest BCUT2D eigenvalue weighted by Gasteiger charge is 2.34. The van der Waals surface area contributed by atoms with E-state index in [2.05, 4.69) is 36.1 Å². The summed E-state index contributed by atoms with van der Waals surface area (Å²) >= 11 is 0. The molecule has 2 fully saturated rings. The zero-order chi connectivity index (χ0) is 19.4. The van der Waals surface area contributed by atoms with Crippen molar-refractivity contribution >= 4 is 15.9 Å². The first kappa shape index (κ1) is 20.3. The van der Waals surface area contributed by atoms with Gasteiger partial charge >= 0.3 is 0 Å². The van der Waals surface area contributed by atoms with Gasteiger partial charge < -0.3 is 4.90 Å². The lowest BCUT2D eigenvalue weighted by Crippen LogP contribution is -2.55. The summed E-state index contributed by atoms with van der Waals surface area (Å²) < 4.78 is 24.8. The van der Waals surface area contributed by atoms with E-state index in [1.54, 1.807) is 0 Å². The van der Waals surface area contributed by atoms with Crippen LogP contribution in [0.4, 0.5) is 0 Å². The van der Waals surface area contributed by atoms with Crippen LogP contribution in [-0.2, 0) is 21.2 Å². The molecule has 1 aromatic rings. The molecule has 0 aromatic heterocycles. The van der Waals surface area contributed by atoms with E-state index in [0.29, 0.717) is 32.0 Å². The Kier molecular flexibility index (Phi) is 6.55. The maximum Gasteiger partial charge on any atom is 0.225 e. The van der Waals surface area contributed by atoms with Gasteiger partial charge in [-0.25, -0.2) is 12.7 Å². The van der Waals surface area contributed by atoms with Crippen molar-refractivity contribution in [2.24, 2.45) is 5.92 Å². The molecule has 3 rings (SSSR count). The third-order valence-corrected chi connectivity index (χ3v) is 7.18. The van der Waals surface area contributed by atoms with Crippen LogP contribution in [0.5, 0.6) is 0 Å². The van der Waals surface area contributed by atoms with Crippen LogP contribution in [0.25, 0.3) is 0 Å². The van der Waals surface area contributed by atoms with Crippen molar-refractivity contribution in [3.8, 4) is 0 Å². The van der Waals surface area contributed by atoms with Gasteiger partial charge in [0.25, 0.3) is 0 Å². The summed E-state index contributed by atoms with van der Waals surface area (Å²) in [5, 5.41) is 0. The van der Waals surface area contributed by atoms with Crippen molar-refractivity contribution in [3.05, 3.63) is 35.9 Å². The molecule has 1 unspecified atom stereocenters. The minimum absolute atomic E-state index is 0.0360. The van der Waals surface area contributed by atoms with Gasteiger partial charge in [0.05, 0.1) is 6.26 Å². The van der Waals surface area contributed by atoms with Gasteiger partial charge in [0.1, 0.15) is 0 Å². The molecule has 2 aliphatic rings. The summed E-state index contributed by atoms with van der Waals surface area (Å²) in [7, 11) is -3.14. The van der Waals surface area contributed by atoms with Gasteiger partial charge in [-0.05, 0) is 31.7 Å². The number of sulfonamides is 1. The largest absolute Gasteiger partial charge is 0.340 e. The lowest BCUT2D eigenvalue weighted by atomic mass is 9.96. The summed E-state index contributed by atoms with van der Waals surface area (Å²) in [6.45, 7) is 6.56. The molecule has 2 heterocycles. The van der Waals surface area contributed by atoms with E-state index in [1.165, 1.54) is 16.1 Å². The lowest BCUT2D eigenvalue weighted by Gasteiger charge is -2.42. The number of rotatable bonds is 5. The van der Waals surface area contributed by atoms with Crippen LogP contribution in [0.1, 0.15) is 25.3 Å². The second kappa shape index (κ2) is 8.71. The first-order valence-electron chi connectivity index (χ1n) is 9.86. The molecule has 7 heteroatoms. The highest BCUT2D eigenvalue weighted by atomic mass is 32.2. The number of benzene rings is 1. The smallest absolute Gasteiger partial charge is 0.225 e. The number of hydrogen-bond acceptors (Lipinski definition) is 4. The third-order valence-electron chi connectivity index (χ3n) is 5.88. The molecule has 0 aliphatic carbocycles. The second-order valence-electron chi connectivity index (χ2n) is 7.84. The molecule has 0 bridgehead atoms. The molecule has 2 saturated heterocycles. The van der Waals surface area contributed by atoms with E-state index in [1.807, 2.05) is 11.0 Å². The molecule has 6 nitrogen and oxygen atoms in total. The lowest BCUT2D eigenvalue weighted by molar-refractivity contribution is -0.139. The third kappa shape index (κ3) is 5.30. The van der Waals surface area contributed by atoms with Gasteiger partial charge in [0.2, 0.25) is 15.9 Å². The van der Waals surface area contributed by atoms with Crippen LogP contribution < -0.4 is 0 Å². The quantitative estimate of drug-likeness (QED) is 0.759. The molecule has 2 aliphatic heterocycles. The van der Waals surface area contributed by atoms with Gasteiger partial charge in [0.15, 0.2) is 0 Å². The van der Waals surface area contributed by atoms with Gasteiger partial charge in [-0.2, -0.15) is 0 Å². The summed E-state index contributed by atoms with van der Waals surface area (Å²) in [5.41, 5.74) is 1.35. The molecule has 150 valence electrons. The van der Waals surface area contributed by atoms with Crippen LogP contribution >= 0.6 is 0 Å². The fraction of sp³-hybridized carbons (Fsp3) is 0.650. The van der Waals surface area contributed by atoms with Crippen molar-refractivity contribution < 1.29 is 13.2 Å². The summed E-state index contributed by atoms with van der Waals surface area (Å²) in [6.07, 6.45) is 3.54. The number of piperazine rings is 1. The number of piperidine rings is 1. The SMILES string of the molecule is CC1CN(C(=O)C2CCN(S(C)(=O)=O)CC2)CCN1CCc1ccccc1. The van der Waals surface area contributed by atoms with Crippen molar-refractivity contribution in [1.29, 1.82) is 0 Å². The van der Waals surface area contributed by atoms with E-state index in [9.17, 15) is 13.2 Å². The topological polar surface area (TPSA) is 60.9 Å². The Morgan fingerprint density at radius 2 is 1.74 bits per heavy atom. The van der Waals surface area contributed by atoms with E-state index in [0.717, 1.165) is 32.6 Å². The number of hydrogen-bond donors (Lipinski definition) is 0. The molecule has 0 radical (unpaired) electrons. The average Bonchev–Trinajstić information content (AvgIpc) is 2.66. The summed E-state index contributed by atoms with van der Waals surface area (Å²) in [6, 6.07) is 10.9. The van der Waals surface area contributed by atoms with Crippen LogP contribution in [0.3, 0.4) is 0 Å². The van der Waals surface area contributed by atoms with Gasteiger partial charge in [0, 0.05) is 51.2 Å². The van der Waals surface area contributed by atoms with Crippen molar-refractivity contribution in [2.45, 2.75) is 32.2 Å². The van der Waals surface area contributed by atoms with Crippen LogP contribution in [0.15, 0.2) is 30.3 Å². The number of carbonyl (C=O) groups excluding carboxylic acids is 1. The highest BCUT2D eigenvalue weighted by Crippen LogP contribution is 2.23. The Labute approximate surface area is 163 Å². The monoisotopic (exact) mass is 393 g/mol. The highest BCUT2D eigenvalue weighted by molar-refractivity contribution is 7.88. The Bertz CT molecular complexity index is 730. The maximum atomic E-state index is 12.9. The molecule has 27 heavy (non-hydrogen) atoms. The predicted octanol–water partition coefficient (Wildman–Crippen LogP) is 1.43. The predicted molar refractivity (Wildman–Crippen MR) is 107 cm³/mol. The summed E-state index contributed by atoms with van der Waals surface area (Å²) in [5.74, 6) is 0.170. The minimum Gasteiger partial charge on any atom is -0.340 e. The molecule has 1 aromatic carbocycles. The average molecular weight is 394 g/mol. The fourth-order valence-electron chi connectivity index (χ4n) is 4.14. The van der Waals surface area contributed by atoms with Crippen molar-refractivity contribution in [1.82, 2.24) is 14.1 Å². The van der Waals surface area contributed by atoms with Crippen molar-refractivity contribution in [3.63, 3.8) is 0 Å². The molecule has 0 N–H and O–H groups in total. The fourth-order valence-corrected chi connectivity index (χ4v) is 5.01. The summed E-state index contributed by atoms with van der Waals surface area (Å²) in [4.78, 5) is 17.3. The van der Waals surface area contributed by atoms with Gasteiger partial charge in [-0.15, -0.1) is 0 Å². The van der Waals surface area contributed by atoms with Crippen molar-refractivity contribution in [2.75, 3.05) is 45.5 Å². The van der Waals surface area contributed by atoms with Gasteiger partial charge in [-0.1, -0.05) is 30.3 Å². The molecule has 1 atom stereocenters. The normalized spacial score (nSPS) is 23.5. The zero-order valence-corrected chi connectivity index (χ0v) is 17.2. The molecule has 1 amide bonds. The van der Waals surface area contributed by atoms with Crippen LogP contribution in [0.2, 0.25) is 0 Å². The maximum absolute atomic E-state index is 12.9. The van der Waals surface area contributed by atoms with Gasteiger partial charge in [-0.3, -0.25) is 9.69 Å². The molecule has 0 spiro atoms. The number of nitrogens with zero attached hydrogens (tertiary/aromatic N) is 3. The Balaban J connectivity index is 1.47. The van der Waals surface area contributed by atoms with E-state index >= 15 is 0 Å². The Morgan fingerprint density at radius 3 is 2.33 bits per heavy atom. The number of amides is 1. The Morgan fingerprint density at radius 1 is 1.07 bits per heavy atom. The standard InChI is InChI=1S/C20H31N3O3S/c1-17-16-22(15-14-21(17)11-8-18-6-4-3-5-7-18)20(24)19-9-12-23(13-10-19)27(2,25)26/h3-7,17,19H,8-16H2,1-2H3. The number of carbonyl (C=O) groups is 1. The zero-order valence-electron chi connectivity index (χ0n) is 16.4. The first-order valence-corrected chi connectivity index (χ1v) is 11.7.